The second-order valence-electron chi connectivity index (χ2n) is 5.24. The van der Waals surface area contributed by atoms with Gasteiger partial charge in [-0.25, -0.2) is 0 Å². The molecule has 0 saturated carbocycles. The third kappa shape index (κ3) is 2.43. The zero-order chi connectivity index (χ0) is 11.1. The molecule has 1 heterocycles. The van der Waals surface area contributed by atoms with Gasteiger partial charge in [0.05, 0.1) is 0 Å². The van der Waals surface area contributed by atoms with E-state index < -0.39 is 0 Å². The Kier molecular flexibility index (Phi) is 2.63. The number of hydrogen-bond acceptors (Lipinski definition) is 0. The molecule has 15 heavy (non-hydrogen) atoms. The third-order valence-electron chi connectivity index (χ3n) is 2.45. The summed E-state index contributed by atoms with van der Waals surface area (Å²) in [5.41, 5.74) is 2.95. The molecule has 0 unspecified atom stereocenters. The summed E-state index contributed by atoms with van der Waals surface area (Å²) in [5.74, 6) is 0. The van der Waals surface area contributed by atoms with Crippen LogP contribution in [-0.2, 0) is 6.42 Å². The summed E-state index contributed by atoms with van der Waals surface area (Å²) >= 11 is 3.52. The summed E-state index contributed by atoms with van der Waals surface area (Å²) in [5, 5.41) is 1.33. The van der Waals surface area contributed by atoms with E-state index in [0.717, 1.165) is 10.9 Å². The number of rotatable bonds is 1. The van der Waals surface area contributed by atoms with Crippen LogP contribution in [0.4, 0.5) is 0 Å². The van der Waals surface area contributed by atoms with Crippen molar-refractivity contribution in [3.05, 3.63) is 34.4 Å². The molecule has 0 saturated heterocycles. The number of fused-ring (bicyclic) bond motifs is 1. The van der Waals surface area contributed by atoms with E-state index in [9.17, 15) is 0 Å². The van der Waals surface area contributed by atoms with Crippen LogP contribution >= 0.6 is 15.9 Å². The Morgan fingerprint density at radius 2 is 2.00 bits per heavy atom. The lowest BCUT2D eigenvalue weighted by molar-refractivity contribution is 0.412. The predicted molar refractivity (Wildman–Crippen MR) is 69.2 cm³/mol. The summed E-state index contributed by atoms with van der Waals surface area (Å²) in [6.45, 7) is 6.80. The van der Waals surface area contributed by atoms with Crippen molar-refractivity contribution < 1.29 is 0 Å². The number of aromatic nitrogens is 1. The lowest BCUT2D eigenvalue weighted by atomic mass is 9.88. The van der Waals surface area contributed by atoms with Crippen LogP contribution in [0.3, 0.4) is 0 Å². The second-order valence-corrected chi connectivity index (χ2v) is 6.16. The summed E-state index contributed by atoms with van der Waals surface area (Å²) in [7, 11) is 0. The van der Waals surface area contributed by atoms with E-state index in [2.05, 4.69) is 66.1 Å². The van der Waals surface area contributed by atoms with Crippen molar-refractivity contribution in [1.82, 2.24) is 4.98 Å². The minimum atomic E-state index is 0.331. The van der Waals surface area contributed by atoms with Gasteiger partial charge >= 0.3 is 0 Å². The van der Waals surface area contributed by atoms with E-state index in [-0.39, 0.29) is 0 Å². The number of hydrogen-bond donors (Lipinski definition) is 1. The van der Waals surface area contributed by atoms with Crippen LogP contribution in [-0.4, -0.2) is 4.98 Å². The highest BCUT2D eigenvalue weighted by Gasteiger charge is 2.14. The van der Waals surface area contributed by atoms with Crippen LogP contribution in [0.5, 0.6) is 0 Å². The van der Waals surface area contributed by atoms with E-state index in [4.69, 9.17) is 0 Å². The molecule has 0 radical (unpaired) electrons. The van der Waals surface area contributed by atoms with Gasteiger partial charge in [-0.15, -0.1) is 0 Å². The highest BCUT2D eigenvalue weighted by molar-refractivity contribution is 9.10. The first kappa shape index (κ1) is 10.7. The van der Waals surface area contributed by atoms with Crippen LogP contribution in [0.25, 0.3) is 10.9 Å². The molecule has 0 aliphatic rings. The van der Waals surface area contributed by atoms with E-state index in [1.807, 2.05) is 0 Å². The summed E-state index contributed by atoms with van der Waals surface area (Å²) < 4.78 is 1.14. The maximum atomic E-state index is 3.52. The van der Waals surface area contributed by atoms with E-state index in [1.165, 1.54) is 16.5 Å². The fraction of sp³-hybridized carbons (Fsp3) is 0.385. The van der Waals surface area contributed by atoms with Gasteiger partial charge in [0.1, 0.15) is 0 Å². The van der Waals surface area contributed by atoms with Gasteiger partial charge in [0.25, 0.3) is 0 Å². The summed E-state index contributed by atoms with van der Waals surface area (Å²) in [6, 6.07) is 6.37. The van der Waals surface area contributed by atoms with Crippen LogP contribution in [0.1, 0.15) is 26.3 Å². The molecule has 0 aliphatic heterocycles. The van der Waals surface area contributed by atoms with Crippen molar-refractivity contribution in [1.29, 1.82) is 0 Å². The van der Waals surface area contributed by atoms with E-state index in [1.54, 1.807) is 0 Å². The zero-order valence-corrected chi connectivity index (χ0v) is 11.0. The number of aromatic amines is 1. The minimum Gasteiger partial charge on any atom is -0.361 e. The Balaban J connectivity index is 2.48. The van der Waals surface area contributed by atoms with Crippen LogP contribution in [0.2, 0.25) is 0 Å². The van der Waals surface area contributed by atoms with Crippen molar-refractivity contribution in [2.45, 2.75) is 27.2 Å². The van der Waals surface area contributed by atoms with Gasteiger partial charge in [0.2, 0.25) is 0 Å². The summed E-state index contributed by atoms with van der Waals surface area (Å²) in [6.07, 6.45) is 3.23. The smallest absolute Gasteiger partial charge is 0.0457 e. The molecule has 0 spiro atoms. The molecule has 1 aromatic carbocycles. The lowest BCUT2D eigenvalue weighted by Gasteiger charge is -2.17. The van der Waals surface area contributed by atoms with Gasteiger partial charge in [-0.1, -0.05) is 36.7 Å². The van der Waals surface area contributed by atoms with Crippen LogP contribution < -0.4 is 0 Å². The molecule has 80 valence electrons. The fourth-order valence-electron chi connectivity index (χ4n) is 1.87. The highest BCUT2D eigenvalue weighted by Crippen LogP contribution is 2.28. The van der Waals surface area contributed by atoms with Gasteiger partial charge in [-0.3, -0.25) is 0 Å². The number of H-pyrrole nitrogens is 1. The lowest BCUT2D eigenvalue weighted by Crippen LogP contribution is -2.08. The first-order valence-electron chi connectivity index (χ1n) is 5.21. The third-order valence-corrected chi connectivity index (χ3v) is 2.94. The van der Waals surface area contributed by atoms with Crippen molar-refractivity contribution >= 4 is 26.8 Å². The molecular weight excluding hydrogens is 250 g/mol. The Hall–Kier alpha value is -0.760. The maximum Gasteiger partial charge on any atom is 0.0457 e. The quantitative estimate of drug-likeness (QED) is 0.781. The molecule has 0 fully saturated rings. The zero-order valence-electron chi connectivity index (χ0n) is 9.39. The summed E-state index contributed by atoms with van der Waals surface area (Å²) in [4.78, 5) is 3.32. The Labute approximate surface area is 99.0 Å². The molecule has 1 aromatic heterocycles. The van der Waals surface area contributed by atoms with E-state index >= 15 is 0 Å². The van der Waals surface area contributed by atoms with Crippen molar-refractivity contribution in [3.63, 3.8) is 0 Å². The topological polar surface area (TPSA) is 15.8 Å². The average Bonchev–Trinajstić information content (AvgIpc) is 2.46. The molecule has 1 N–H and O–H groups in total. The first-order valence-corrected chi connectivity index (χ1v) is 6.00. The van der Waals surface area contributed by atoms with Crippen LogP contribution in [0, 0.1) is 5.41 Å². The molecule has 2 aromatic rings. The highest BCUT2D eigenvalue weighted by atomic mass is 79.9. The molecule has 2 heteroatoms. The van der Waals surface area contributed by atoms with Crippen molar-refractivity contribution in [2.75, 3.05) is 0 Å². The monoisotopic (exact) mass is 265 g/mol. The molecule has 0 bridgehead atoms. The molecule has 0 amide bonds. The SMILES string of the molecule is CC(C)(C)Cc1c[nH]c2ccc(Br)cc12. The van der Waals surface area contributed by atoms with Gasteiger partial charge in [0, 0.05) is 21.6 Å². The predicted octanol–water partition coefficient (Wildman–Crippen LogP) is 4.52. The van der Waals surface area contributed by atoms with Crippen molar-refractivity contribution in [2.24, 2.45) is 5.41 Å². The number of halogens is 1. The molecule has 1 nitrogen and oxygen atoms in total. The largest absolute Gasteiger partial charge is 0.361 e. The van der Waals surface area contributed by atoms with Gasteiger partial charge in [0.15, 0.2) is 0 Å². The Bertz CT molecular complexity index is 477. The Morgan fingerprint density at radius 3 is 2.67 bits per heavy atom. The number of nitrogens with one attached hydrogen (secondary N) is 1. The van der Waals surface area contributed by atoms with Gasteiger partial charge < -0.3 is 4.98 Å². The second kappa shape index (κ2) is 3.67. The minimum absolute atomic E-state index is 0.331. The maximum absolute atomic E-state index is 3.52. The Morgan fingerprint density at radius 1 is 1.27 bits per heavy atom. The molecule has 0 atom stereocenters. The molecule has 0 aliphatic carbocycles. The molecule has 2 rings (SSSR count). The molecular formula is C13H16BrN. The standard InChI is InChI=1S/C13H16BrN/c1-13(2,3)7-9-8-15-12-5-4-10(14)6-11(9)12/h4-6,8,15H,7H2,1-3H3. The average molecular weight is 266 g/mol. The van der Waals surface area contributed by atoms with Crippen molar-refractivity contribution in [3.8, 4) is 0 Å². The normalized spacial score (nSPS) is 12.3. The number of benzene rings is 1. The van der Waals surface area contributed by atoms with E-state index in [0.29, 0.717) is 5.41 Å². The van der Waals surface area contributed by atoms with Gasteiger partial charge in [-0.05, 0) is 35.6 Å². The first-order chi connectivity index (χ1) is 6.96. The van der Waals surface area contributed by atoms with Gasteiger partial charge in [-0.2, -0.15) is 0 Å². The fourth-order valence-corrected chi connectivity index (χ4v) is 2.23. The van der Waals surface area contributed by atoms with Crippen LogP contribution in [0.15, 0.2) is 28.9 Å².